The maximum absolute atomic E-state index is 5.75. The van der Waals surface area contributed by atoms with E-state index in [9.17, 15) is 0 Å². The van der Waals surface area contributed by atoms with Gasteiger partial charge in [0.1, 0.15) is 0 Å². The Hall–Kier alpha value is -0.120. The van der Waals surface area contributed by atoms with Crippen molar-refractivity contribution in [3.8, 4) is 0 Å². The summed E-state index contributed by atoms with van der Waals surface area (Å²) in [5.74, 6) is 7.08. The normalized spacial score (nSPS) is 24.5. The Morgan fingerprint density at radius 2 is 1.94 bits per heavy atom. The number of nitrogens with two attached hydrogens (primary N) is 1. The van der Waals surface area contributed by atoms with Crippen LogP contribution in [0.3, 0.4) is 0 Å². The average Bonchev–Trinajstić information content (AvgIpc) is 2.29. The summed E-state index contributed by atoms with van der Waals surface area (Å²) in [6, 6.07) is 0.446. The lowest BCUT2D eigenvalue weighted by atomic mass is 9.69. The van der Waals surface area contributed by atoms with Crippen molar-refractivity contribution in [1.82, 2.24) is 5.43 Å². The van der Waals surface area contributed by atoms with E-state index >= 15 is 0 Å². The Bertz CT molecular complexity index is 208. The average molecular weight is 242 g/mol. The van der Waals surface area contributed by atoms with Gasteiger partial charge in [0, 0.05) is 19.8 Å². The zero-order chi connectivity index (χ0) is 12.9. The van der Waals surface area contributed by atoms with Crippen LogP contribution in [0.4, 0.5) is 0 Å². The minimum absolute atomic E-state index is 0.446. The van der Waals surface area contributed by atoms with Crippen molar-refractivity contribution in [2.45, 2.75) is 58.9 Å². The number of hydrogen-bond donors (Lipinski definition) is 2. The fourth-order valence-electron chi connectivity index (χ4n) is 3.03. The van der Waals surface area contributed by atoms with Crippen molar-refractivity contribution in [2.75, 3.05) is 13.7 Å². The predicted octanol–water partition coefficient (Wildman–Crippen LogP) is 2.71. The molecule has 0 radical (unpaired) electrons. The fourth-order valence-corrected chi connectivity index (χ4v) is 3.03. The second kappa shape index (κ2) is 6.72. The van der Waals surface area contributed by atoms with Crippen molar-refractivity contribution >= 4 is 0 Å². The van der Waals surface area contributed by atoms with E-state index in [1.165, 1.54) is 25.7 Å². The summed E-state index contributed by atoms with van der Waals surface area (Å²) in [6.45, 7) is 7.87. The van der Waals surface area contributed by atoms with E-state index in [2.05, 4.69) is 26.2 Å². The highest BCUT2D eigenvalue weighted by Gasteiger charge is 2.32. The van der Waals surface area contributed by atoms with Crippen LogP contribution in [0.15, 0.2) is 0 Å². The summed E-state index contributed by atoms with van der Waals surface area (Å²) in [6.07, 6.45) is 6.35. The number of methoxy groups -OCH3 is 1. The highest BCUT2D eigenvalue weighted by Crippen LogP contribution is 2.40. The van der Waals surface area contributed by atoms with Crippen LogP contribution in [-0.2, 0) is 4.74 Å². The Morgan fingerprint density at radius 1 is 1.35 bits per heavy atom. The van der Waals surface area contributed by atoms with Gasteiger partial charge in [0.25, 0.3) is 0 Å². The summed E-state index contributed by atoms with van der Waals surface area (Å²) in [4.78, 5) is 0. The molecule has 0 aromatic heterocycles. The first-order chi connectivity index (χ1) is 8.00. The molecular weight excluding hydrogens is 212 g/mol. The highest BCUT2D eigenvalue weighted by molar-refractivity contribution is 4.86. The molecule has 17 heavy (non-hydrogen) atoms. The fraction of sp³-hybridized carbons (Fsp3) is 1.00. The standard InChI is InChI=1S/C14H30N2O/c1-11(7-10-17-4)13(16-15)12-5-8-14(2,3)9-6-12/h11-13,16H,5-10,15H2,1-4H3. The van der Waals surface area contributed by atoms with E-state index in [4.69, 9.17) is 10.6 Å². The third-order valence-electron chi connectivity index (χ3n) is 4.47. The van der Waals surface area contributed by atoms with Gasteiger partial charge < -0.3 is 4.74 Å². The molecule has 3 N–H and O–H groups in total. The molecule has 2 unspecified atom stereocenters. The molecule has 1 fully saturated rings. The summed E-state index contributed by atoms with van der Waals surface area (Å²) in [7, 11) is 1.76. The second-order valence-electron chi connectivity index (χ2n) is 6.45. The Morgan fingerprint density at radius 3 is 2.41 bits per heavy atom. The van der Waals surface area contributed by atoms with Gasteiger partial charge in [-0.3, -0.25) is 11.3 Å². The van der Waals surface area contributed by atoms with Crippen molar-refractivity contribution in [3.63, 3.8) is 0 Å². The molecule has 2 atom stereocenters. The highest BCUT2D eigenvalue weighted by atomic mass is 16.5. The Kier molecular flexibility index (Phi) is 5.90. The van der Waals surface area contributed by atoms with Crippen LogP contribution in [-0.4, -0.2) is 19.8 Å². The predicted molar refractivity (Wildman–Crippen MR) is 72.5 cm³/mol. The van der Waals surface area contributed by atoms with Crippen molar-refractivity contribution in [1.29, 1.82) is 0 Å². The topological polar surface area (TPSA) is 47.3 Å². The first-order valence-corrected chi connectivity index (χ1v) is 6.95. The van der Waals surface area contributed by atoms with Crippen LogP contribution in [0.25, 0.3) is 0 Å². The largest absolute Gasteiger partial charge is 0.385 e. The zero-order valence-corrected chi connectivity index (χ0v) is 12.0. The van der Waals surface area contributed by atoms with Crippen molar-refractivity contribution in [3.05, 3.63) is 0 Å². The van der Waals surface area contributed by atoms with Crippen LogP contribution < -0.4 is 11.3 Å². The van der Waals surface area contributed by atoms with E-state index in [1.54, 1.807) is 7.11 Å². The van der Waals surface area contributed by atoms with Crippen LogP contribution in [0, 0.1) is 17.3 Å². The summed E-state index contributed by atoms with van der Waals surface area (Å²) in [5.41, 5.74) is 3.59. The number of hydrogen-bond acceptors (Lipinski definition) is 3. The van der Waals surface area contributed by atoms with E-state index < -0.39 is 0 Å². The number of rotatable bonds is 6. The molecule has 3 nitrogen and oxygen atoms in total. The van der Waals surface area contributed by atoms with Gasteiger partial charge in [-0.1, -0.05) is 20.8 Å². The molecule has 1 aliphatic rings. The van der Waals surface area contributed by atoms with Crippen LogP contribution >= 0.6 is 0 Å². The molecule has 102 valence electrons. The molecule has 0 aliphatic heterocycles. The third kappa shape index (κ3) is 4.57. The zero-order valence-electron chi connectivity index (χ0n) is 12.0. The number of ether oxygens (including phenoxy) is 1. The van der Waals surface area contributed by atoms with Gasteiger partial charge in [-0.2, -0.15) is 0 Å². The van der Waals surface area contributed by atoms with Gasteiger partial charge in [0.05, 0.1) is 0 Å². The molecular formula is C14H30N2O. The third-order valence-corrected chi connectivity index (χ3v) is 4.47. The molecule has 0 heterocycles. The summed E-state index contributed by atoms with van der Waals surface area (Å²) < 4.78 is 5.16. The Labute approximate surface area is 106 Å². The van der Waals surface area contributed by atoms with Crippen LogP contribution in [0.1, 0.15) is 52.9 Å². The molecule has 1 rings (SSSR count). The minimum Gasteiger partial charge on any atom is -0.385 e. The molecule has 0 aromatic rings. The quantitative estimate of drug-likeness (QED) is 0.556. The molecule has 0 spiro atoms. The lowest BCUT2D eigenvalue weighted by molar-refractivity contribution is 0.118. The van der Waals surface area contributed by atoms with E-state index in [1.807, 2.05) is 0 Å². The molecule has 1 saturated carbocycles. The van der Waals surface area contributed by atoms with E-state index in [-0.39, 0.29) is 0 Å². The van der Waals surface area contributed by atoms with Gasteiger partial charge in [0.2, 0.25) is 0 Å². The number of nitrogens with one attached hydrogen (secondary N) is 1. The van der Waals surface area contributed by atoms with Gasteiger partial charge in [0.15, 0.2) is 0 Å². The minimum atomic E-state index is 0.446. The molecule has 0 saturated heterocycles. The van der Waals surface area contributed by atoms with Gasteiger partial charge in [-0.15, -0.1) is 0 Å². The molecule has 0 bridgehead atoms. The smallest absolute Gasteiger partial charge is 0.0465 e. The molecule has 0 amide bonds. The summed E-state index contributed by atoms with van der Waals surface area (Å²) >= 11 is 0. The van der Waals surface area contributed by atoms with Crippen molar-refractivity contribution < 1.29 is 4.74 Å². The lowest BCUT2D eigenvalue weighted by Gasteiger charge is -2.39. The maximum Gasteiger partial charge on any atom is 0.0465 e. The van der Waals surface area contributed by atoms with E-state index in [0.29, 0.717) is 17.4 Å². The second-order valence-corrected chi connectivity index (χ2v) is 6.45. The maximum atomic E-state index is 5.75. The van der Waals surface area contributed by atoms with Gasteiger partial charge >= 0.3 is 0 Å². The first kappa shape index (κ1) is 14.9. The molecule has 3 heteroatoms. The number of hydrazine groups is 1. The van der Waals surface area contributed by atoms with Gasteiger partial charge in [-0.05, 0) is 49.4 Å². The molecule has 1 aliphatic carbocycles. The monoisotopic (exact) mass is 242 g/mol. The first-order valence-electron chi connectivity index (χ1n) is 6.95. The van der Waals surface area contributed by atoms with Crippen molar-refractivity contribution in [2.24, 2.45) is 23.1 Å². The molecule has 0 aromatic carbocycles. The van der Waals surface area contributed by atoms with Crippen LogP contribution in [0.2, 0.25) is 0 Å². The van der Waals surface area contributed by atoms with Gasteiger partial charge in [-0.25, -0.2) is 0 Å². The van der Waals surface area contributed by atoms with E-state index in [0.717, 1.165) is 18.9 Å². The van der Waals surface area contributed by atoms with Crippen LogP contribution in [0.5, 0.6) is 0 Å². The Balaban J connectivity index is 2.45. The lowest BCUT2D eigenvalue weighted by Crippen LogP contribution is -2.47. The SMILES string of the molecule is COCCC(C)C(NN)C1CCC(C)(C)CC1. The summed E-state index contributed by atoms with van der Waals surface area (Å²) in [5, 5.41) is 0.